The van der Waals surface area contributed by atoms with Gasteiger partial charge in [-0.1, -0.05) is 19.3 Å². The van der Waals surface area contributed by atoms with E-state index >= 15 is 0 Å². The van der Waals surface area contributed by atoms with Crippen LogP contribution in [0.5, 0.6) is 0 Å². The molecule has 3 rings (SSSR count). The van der Waals surface area contributed by atoms with Crippen LogP contribution in [0.3, 0.4) is 0 Å². The summed E-state index contributed by atoms with van der Waals surface area (Å²) in [5, 5.41) is 3.55. The number of nitrogens with zero attached hydrogens (tertiary/aromatic N) is 2. The van der Waals surface area contributed by atoms with Gasteiger partial charge in [-0.05, 0) is 38.9 Å². The van der Waals surface area contributed by atoms with Gasteiger partial charge in [-0.2, -0.15) is 0 Å². The number of halogens is 1. The van der Waals surface area contributed by atoms with E-state index in [1.54, 1.807) is 0 Å². The number of nitrogens with one attached hydrogen (secondary N) is 1. The molecule has 1 aliphatic rings. The Hall–Kier alpha value is -1.42. The summed E-state index contributed by atoms with van der Waals surface area (Å²) < 4.78 is 15.6. The minimum absolute atomic E-state index is 0.158. The Morgan fingerprint density at radius 1 is 1.29 bits per heavy atom. The molecule has 0 amide bonds. The number of imidazole rings is 1. The first-order valence-corrected chi connectivity index (χ1v) is 8.01. The summed E-state index contributed by atoms with van der Waals surface area (Å²) in [5.74, 6) is 0.866. The third kappa shape index (κ3) is 2.69. The first kappa shape index (κ1) is 14.5. The van der Waals surface area contributed by atoms with E-state index in [0.29, 0.717) is 0 Å². The number of likely N-dealkylation sites (N-methyl/N-ethyl adjacent to an activating group) is 1. The van der Waals surface area contributed by atoms with E-state index in [1.165, 1.54) is 44.2 Å². The summed E-state index contributed by atoms with van der Waals surface area (Å²) in [7, 11) is 2.06. The van der Waals surface area contributed by atoms with Gasteiger partial charge in [0.25, 0.3) is 0 Å². The third-order valence-corrected chi connectivity index (χ3v) is 4.94. The molecule has 114 valence electrons. The lowest BCUT2D eigenvalue weighted by molar-refractivity contribution is 0.239. The minimum Gasteiger partial charge on any atom is -0.328 e. The van der Waals surface area contributed by atoms with Crippen molar-refractivity contribution in [2.75, 3.05) is 7.05 Å². The Labute approximate surface area is 125 Å². The fraction of sp³-hybridized carbons (Fsp3) is 0.588. The van der Waals surface area contributed by atoms with Gasteiger partial charge in [0, 0.05) is 24.6 Å². The zero-order valence-electron chi connectivity index (χ0n) is 13.0. The summed E-state index contributed by atoms with van der Waals surface area (Å²) in [6.45, 7) is 3.00. The molecule has 2 aromatic rings. The van der Waals surface area contributed by atoms with E-state index in [9.17, 15) is 4.39 Å². The van der Waals surface area contributed by atoms with Gasteiger partial charge in [0.2, 0.25) is 0 Å². The molecule has 1 heterocycles. The second kappa shape index (κ2) is 5.76. The molecule has 4 heteroatoms. The number of fused-ring (bicyclic) bond motifs is 1. The standard InChI is InChI=1S/C17H24FN3/c1-3-21-15-8-7-13(18)11-14(15)20-16(21)12-17(19-2)9-5-4-6-10-17/h7-8,11,19H,3-6,9-10,12H2,1-2H3. The number of aromatic nitrogens is 2. The zero-order chi connectivity index (χ0) is 14.9. The lowest BCUT2D eigenvalue weighted by Gasteiger charge is -2.37. The quantitative estimate of drug-likeness (QED) is 0.931. The van der Waals surface area contributed by atoms with Gasteiger partial charge in [0.1, 0.15) is 11.6 Å². The monoisotopic (exact) mass is 289 g/mol. The molecule has 1 saturated carbocycles. The summed E-state index contributed by atoms with van der Waals surface area (Å²) >= 11 is 0. The van der Waals surface area contributed by atoms with E-state index in [0.717, 1.165) is 29.8 Å². The smallest absolute Gasteiger partial charge is 0.125 e. The summed E-state index contributed by atoms with van der Waals surface area (Å²) in [4.78, 5) is 4.71. The molecule has 1 N–H and O–H groups in total. The van der Waals surface area contributed by atoms with E-state index in [1.807, 2.05) is 6.07 Å². The maximum absolute atomic E-state index is 13.4. The summed E-state index contributed by atoms with van der Waals surface area (Å²) in [6, 6.07) is 4.91. The van der Waals surface area contributed by atoms with Gasteiger partial charge in [0.15, 0.2) is 0 Å². The molecule has 3 nitrogen and oxygen atoms in total. The highest BCUT2D eigenvalue weighted by Crippen LogP contribution is 2.31. The first-order chi connectivity index (χ1) is 10.2. The van der Waals surface area contributed by atoms with Crippen LogP contribution in [0.25, 0.3) is 11.0 Å². The van der Waals surface area contributed by atoms with E-state index in [2.05, 4.69) is 23.9 Å². The van der Waals surface area contributed by atoms with Crippen molar-refractivity contribution < 1.29 is 4.39 Å². The van der Waals surface area contributed by atoms with Crippen LogP contribution in [-0.2, 0) is 13.0 Å². The third-order valence-electron chi connectivity index (χ3n) is 4.94. The topological polar surface area (TPSA) is 29.9 Å². The second-order valence-electron chi connectivity index (χ2n) is 6.17. The fourth-order valence-electron chi connectivity index (χ4n) is 3.69. The lowest BCUT2D eigenvalue weighted by Crippen LogP contribution is -2.47. The molecular formula is C17H24FN3. The van der Waals surface area contributed by atoms with Gasteiger partial charge in [-0.15, -0.1) is 0 Å². The predicted molar refractivity (Wildman–Crippen MR) is 83.9 cm³/mol. The normalized spacial score (nSPS) is 18.2. The molecule has 1 aromatic carbocycles. The van der Waals surface area contributed by atoms with Crippen molar-refractivity contribution in [1.29, 1.82) is 0 Å². The molecule has 0 radical (unpaired) electrons. The molecular weight excluding hydrogens is 265 g/mol. The van der Waals surface area contributed by atoms with Crippen molar-refractivity contribution in [3.63, 3.8) is 0 Å². The number of aryl methyl sites for hydroxylation is 1. The van der Waals surface area contributed by atoms with E-state index < -0.39 is 0 Å². The van der Waals surface area contributed by atoms with Gasteiger partial charge in [-0.25, -0.2) is 9.37 Å². The highest BCUT2D eigenvalue weighted by molar-refractivity contribution is 5.76. The first-order valence-electron chi connectivity index (χ1n) is 8.01. The van der Waals surface area contributed by atoms with Crippen molar-refractivity contribution in [3.05, 3.63) is 29.8 Å². The van der Waals surface area contributed by atoms with Crippen LogP contribution in [0, 0.1) is 5.82 Å². The van der Waals surface area contributed by atoms with E-state index in [4.69, 9.17) is 4.98 Å². The number of hydrogen-bond acceptors (Lipinski definition) is 2. The van der Waals surface area contributed by atoms with Crippen LogP contribution < -0.4 is 5.32 Å². The lowest BCUT2D eigenvalue weighted by atomic mass is 9.79. The molecule has 0 unspecified atom stereocenters. The van der Waals surface area contributed by atoms with Crippen LogP contribution >= 0.6 is 0 Å². The van der Waals surface area contributed by atoms with Crippen molar-refractivity contribution in [2.45, 2.75) is 57.5 Å². The van der Waals surface area contributed by atoms with Gasteiger partial charge < -0.3 is 9.88 Å². The number of hydrogen-bond donors (Lipinski definition) is 1. The Morgan fingerprint density at radius 3 is 2.71 bits per heavy atom. The van der Waals surface area contributed by atoms with Crippen molar-refractivity contribution in [1.82, 2.24) is 14.9 Å². The fourth-order valence-corrected chi connectivity index (χ4v) is 3.69. The van der Waals surface area contributed by atoms with Crippen LogP contribution in [0.1, 0.15) is 44.9 Å². The maximum Gasteiger partial charge on any atom is 0.125 e. The molecule has 0 atom stereocenters. The Balaban J connectivity index is 1.99. The molecule has 1 fully saturated rings. The van der Waals surface area contributed by atoms with Gasteiger partial charge >= 0.3 is 0 Å². The molecule has 0 spiro atoms. The van der Waals surface area contributed by atoms with Crippen molar-refractivity contribution in [2.24, 2.45) is 0 Å². The average molecular weight is 289 g/mol. The molecule has 21 heavy (non-hydrogen) atoms. The summed E-state index contributed by atoms with van der Waals surface area (Å²) in [6.07, 6.45) is 7.21. The van der Waals surface area contributed by atoms with Crippen LogP contribution in [0.4, 0.5) is 4.39 Å². The Kier molecular flexibility index (Phi) is 3.98. The maximum atomic E-state index is 13.4. The van der Waals surface area contributed by atoms with Gasteiger partial charge in [0.05, 0.1) is 11.0 Å². The molecule has 1 aromatic heterocycles. The van der Waals surface area contributed by atoms with E-state index in [-0.39, 0.29) is 11.4 Å². The minimum atomic E-state index is -0.212. The summed E-state index contributed by atoms with van der Waals surface area (Å²) in [5.41, 5.74) is 1.97. The molecule has 1 aliphatic carbocycles. The second-order valence-corrected chi connectivity index (χ2v) is 6.17. The van der Waals surface area contributed by atoms with Crippen molar-refractivity contribution in [3.8, 4) is 0 Å². The van der Waals surface area contributed by atoms with Gasteiger partial charge in [-0.3, -0.25) is 0 Å². The van der Waals surface area contributed by atoms with Crippen molar-refractivity contribution >= 4 is 11.0 Å². The number of benzene rings is 1. The van der Waals surface area contributed by atoms with Crippen LogP contribution in [0.15, 0.2) is 18.2 Å². The zero-order valence-corrected chi connectivity index (χ0v) is 13.0. The molecule has 0 bridgehead atoms. The molecule has 0 saturated heterocycles. The average Bonchev–Trinajstić information content (AvgIpc) is 2.84. The van der Waals surface area contributed by atoms with Crippen LogP contribution in [-0.4, -0.2) is 22.1 Å². The largest absolute Gasteiger partial charge is 0.328 e. The molecule has 0 aliphatic heterocycles. The Morgan fingerprint density at radius 2 is 2.05 bits per heavy atom. The highest BCUT2D eigenvalue weighted by Gasteiger charge is 2.32. The Bertz CT molecular complexity index is 626. The SMILES string of the molecule is CCn1c(CC2(NC)CCCCC2)nc2cc(F)ccc21. The predicted octanol–water partition coefficient (Wildman–Crippen LogP) is 3.66. The number of rotatable bonds is 4. The highest BCUT2D eigenvalue weighted by atomic mass is 19.1. The van der Waals surface area contributed by atoms with Crippen LogP contribution in [0.2, 0.25) is 0 Å².